The first kappa shape index (κ1) is 21.0. The number of carbonyl (C=O) groups excluding carboxylic acids is 2. The van der Waals surface area contributed by atoms with E-state index in [1.54, 1.807) is 29.8 Å². The molecule has 0 spiro atoms. The van der Waals surface area contributed by atoms with E-state index >= 15 is 0 Å². The minimum atomic E-state index is -0.345. The van der Waals surface area contributed by atoms with E-state index in [-0.39, 0.29) is 35.2 Å². The van der Waals surface area contributed by atoms with Gasteiger partial charge in [-0.25, -0.2) is 4.98 Å². The van der Waals surface area contributed by atoms with Crippen molar-refractivity contribution in [3.63, 3.8) is 0 Å². The Bertz CT molecular complexity index is 902. The Morgan fingerprint density at radius 3 is 2.56 bits per heavy atom. The zero-order valence-electron chi connectivity index (χ0n) is 16.4. The molecule has 1 N–H and O–H groups in total. The number of hydrogen-bond acceptors (Lipinski definition) is 5. The number of thioether (sulfide) groups is 1. The van der Waals surface area contributed by atoms with E-state index < -0.39 is 0 Å². The van der Waals surface area contributed by atoms with E-state index in [0.717, 1.165) is 0 Å². The molecule has 8 heteroatoms. The summed E-state index contributed by atoms with van der Waals surface area (Å²) in [5.74, 6) is -0.309. The van der Waals surface area contributed by atoms with Gasteiger partial charge in [-0.15, -0.1) is 0 Å². The zero-order valence-corrected chi connectivity index (χ0v) is 17.2. The molecule has 146 valence electrons. The second-order valence-electron chi connectivity index (χ2n) is 7.30. The van der Waals surface area contributed by atoms with Gasteiger partial charge in [-0.1, -0.05) is 23.9 Å². The summed E-state index contributed by atoms with van der Waals surface area (Å²) in [6.07, 6.45) is 0. The van der Waals surface area contributed by atoms with Crippen molar-refractivity contribution in [1.29, 1.82) is 0 Å². The third-order valence-corrected chi connectivity index (χ3v) is 4.75. The van der Waals surface area contributed by atoms with Crippen molar-refractivity contribution >= 4 is 34.5 Å². The maximum atomic E-state index is 12.6. The Morgan fingerprint density at radius 2 is 1.93 bits per heavy atom. The predicted molar refractivity (Wildman–Crippen MR) is 108 cm³/mol. The SMILES string of the molecule is CCn1c(SCC(=O)N(C)CC(=O)NC(C)(C)C)nc2ccccc2c1=O. The summed E-state index contributed by atoms with van der Waals surface area (Å²) in [5, 5.41) is 3.89. The van der Waals surface area contributed by atoms with Crippen LogP contribution >= 0.6 is 11.8 Å². The van der Waals surface area contributed by atoms with Crippen LogP contribution in [-0.4, -0.2) is 51.1 Å². The van der Waals surface area contributed by atoms with Crippen molar-refractivity contribution in [2.45, 2.75) is 44.9 Å². The van der Waals surface area contributed by atoms with Crippen LogP contribution in [0, 0.1) is 0 Å². The average Bonchev–Trinajstić information content (AvgIpc) is 2.58. The van der Waals surface area contributed by atoms with Crippen molar-refractivity contribution in [3.8, 4) is 0 Å². The number of fused-ring (bicyclic) bond motifs is 1. The summed E-state index contributed by atoms with van der Waals surface area (Å²) >= 11 is 1.21. The fourth-order valence-corrected chi connectivity index (χ4v) is 3.54. The number of likely N-dealkylation sites (N-methyl/N-ethyl adjacent to an activating group) is 1. The van der Waals surface area contributed by atoms with Crippen LogP contribution in [0.4, 0.5) is 0 Å². The van der Waals surface area contributed by atoms with Gasteiger partial charge in [-0.05, 0) is 39.8 Å². The first-order valence-corrected chi connectivity index (χ1v) is 9.78. The van der Waals surface area contributed by atoms with Crippen LogP contribution < -0.4 is 10.9 Å². The lowest BCUT2D eigenvalue weighted by atomic mass is 10.1. The molecule has 2 aromatic rings. The normalized spacial score (nSPS) is 11.4. The summed E-state index contributed by atoms with van der Waals surface area (Å²) in [7, 11) is 1.59. The van der Waals surface area contributed by atoms with E-state index in [2.05, 4.69) is 10.3 Å². The lowest BCUT2D eigenvalue weighted by molar-refractivity contribution is -0.133. The lowest BCUT2D eigenvalue weighted by Crippen LogP contribution is -2.46. The van der Waals surface area contributed by atoms with Gasteiger partial charge in [0.15, 0.2) is 5.16 Å². The number of aromatic nitrogens is 2. The molecule has 0 bridgehead atoms. The quantitative estimate of drug-likeness (QED) is 0.601. The maximum Gasteiger partial charge on any atom is 0.262 e. The number of nitrogens with one attached hydrogen (secondary N) is 1. The molecule has 0 aliphatic rings. The summed E-state index contributed by atoms with van der Waals surface area (Å²) in [6, 6.07) is 7.16. The highest BCUT2D eigenvalue weighted by Crippen LogP contribution is 2.18. The highest BCUT2D eigenvalue weighted by atomic mass is 32.2. The second kappa shape index (κ2) is 8.56. The van der Waals surface area contributed by atoms with E-state index in [4.69, 9.17) is 0 Å². The Kier molecular flexibility index (Phi) is 6.64. The summed E-state index contributed by atoms with van der Waals surface area (Å²) in [4.78, 5) is 42.8. The monoisotopic (exact) mass is 390 g/mol. The fraction of sp³-hybridized carbons (Fsp3) is 0.474. The molecular weight excluding hydrogens is 364 g/mol. The first-order valence-electron chi connectivity index (χ1n) is 8.79. The van der Waals surface area contributed by atoms with Crippen LogP contribution in [0.15, 0.2) is 34.2 Å². The van der Waals surface area contributed by atoms with Gasteiger partial charge in [0, 0.05) is 19.1 Å². The number of benzene rings is 1. The van der Waals surface area contributed by atoms with Crippen LogP contribution in [0.2, 0.25) is 0 Å². The van der Waals surface area contributed by atoms with E-state index in [9.17, 15) is 14.4 Å². The molecule has 1 aromatic heterocycles. The highest BCUT2D eigenvalue weighted by Gasteiger charge is 2.19. The molecule has 0 unspecified atom stereocenters. The van der Waals surface area contributed by atoms with Crippen LogP contribution in [0.1, 0.15) is 27.7 Å². The van der Waals surface area contributed by atoms with Crippen molar-refractivity contribution in [3.05, 3.63) is 34.6 Å². The lowest BCUT2D eigenvalue weighted by Gasteiger charge is -2.23. The molecule has 2 rings (SSSR count). The Balaban J connectivity index is 2.08. The molecule has 27 heavy (non-hydrogen) atoms. The molecule has 1 aromatic carbocycles. The van der Waals surface area contributed by atoms with Crippen molar-refractivity contribution < 1.29 is 9.59 Å². The molecule has 0 saturated carbocycles. The van der Waals surface area contributed by atoms with Gasteiger partial charge in [-0.2, -0.15) is 0 Å². The molecule has 0 atom stereocenters. The predicted octanol–water partition coefficient (Wildman–Crippen LogP) is 1.88. The zero-order chi connectivity index (χ0) is 20.2. The van der Waals surface area contributed by atoms with Crippen LogP contribution in [0.3, 0.4) is 0 Å². The molecular formula is C19H26N4O3S. The van der Waals surface area contributed by atoms with Gasteiger partial charge in [0.1, 0.15) is 0 Å². The summed E-state index contributed by atoms with van der Waals surface area (Å²) in [6.45, 7) is 7.99. The van der Waals surface area contributed by atoms with Crippen molar-refractivity contribution in [2.24, 2.45) is 0 Å². The van der Waals surface area contributed by atoms with Crippen LogP contribution in [0.5, 0.6) is 0 Å². The van der Waals surface area contributed by atoms with E-state index in [0.29, 0.717) is 22.6 Å². The van der Waals surface area contributed by atoms with Gasteiger partial charge < -0.3 is 10.2 Å². The molecule has 0 saturated heterocycles. The first-order chi connectivity index (χ1) is 12.6. The number of carbonyl (C=O) groups is 2. The van der Waals surface area contributed by atoms with Crippen LogP contribution in [-0.2, 0) is 16.1 Å². The Labute approximate surface area is 163 Å². The summed E-state index contributed by atoms with van der Waals surface area (Å²) < 4.78 is 1.56. The summed E-state index contributed by atoms with van der Waals surface area (Å²) in [5.41, 5.74) is 0.151. The van der Waals surface area contributed by atoms with E-state index in [1.165, 1.54) is 16.7 Å². The number of nitrogens with zero attached hydrogens (tertiary/aromatic N) is 3. The molecule has 7 nitrogen and oxygen atoms in total. The molecule has 0 radical (unpaired) electrons. The van der Waals surface area contributed by atoms with E-state index in [1.807, 2.05) is 33.8 Å². The standard InChI is InChI=1S/C19H26N4O3S/c1-6-23-17(26)13-9-7-8-10-14(13)20-18(23)27-12-16(25)22(5)11-15(24)21-19(2,3)4/h7-10H,6,11-12H2,1-5H3,(H,21,24). The van der Waals surface area contributed by atoms with Crippen molar-refractivity contribution in [1.82, 2.24) is 19.8 Å². The maximum absolute atomic E-state index is 12.6. The fourth-order valence-electron chi connectivity index (χ4n) is 2.53. The minimum Gasteiger partial charge on any atom is -0.350 e. The second-order valence-corrected chi connectivity index (χ2v) is 8.24. The highest BCUT2D eigenvalue weighted by molar-refractivity contribution is 7.99. The minimum absolute atomic E-state index is 0.0115. The molecule has 0 fully saturated rings. The molecule has 0 aliphatic heterocycles. The number of para-hydroxylation sites is 1. The smallest absolute Gasteiger partial charge is 0.262 e. The number of rotatable bonds is 6. The Hall–Kier alpha value is -2.35. The molecule has 2 amide bonds. The number of hydrogen-bond donors (Lipinski definition) is 1. The third-order valence-electron chi connectivity index (χ3n) is 3.79. The average molecular weight is 391 g/mol. The number of amides is 2. The third kappa shape index (κ3) is 5.56. The van der Waals surface area contributed by atoms with Gasteiger partial charge in [0.25, 0.3) is 5.56 Å². The van der Waals surface area contributed by atoms with Gasteiger partial charge in [0.05, 0.1) is 23.2 Å². The Morgan fingerprint density at radius 1 is 1.26 bits per heavy atom. The van der Waals surface area contributed by atoms with Crippen LogP contribution in [0.25, 0.3) is 10.9 Å². The van der Waals surface area contributed by atoms with Gasteiger partial charge >= 0.3 is 0 Å². The topological polar surface area (TPSA) is 84.3 Å². The van der Waals surface area contributed by atoms with Gasteiger partial charge in [-0.3, -0.25) is 19.0 Å². The largest absolute Gasteiger partial charge is 0.350 e. The van der Waals surface area contributed by atoms with Crippen molar-refractivity contribution in [2.75, 3.05) is 19.3 Å². The molecule has 1 heterocycles. The molecule has 0 aliphatic carbocycles. The van der Waals surface area contributed by atoms with Gasteiger partial charge in [0.2, 0.25) is 11.8 Å².